The number of nitro groups is 2. The third-order valence-corrected chi connectivity index (χ3v) is 5.28. The molecule has 0 aromatic heterocycles. The van der Waals surface area contributed by atoms with E-state index in [1.54, 1.807) is 0 Å². The quantitative estimate of drug-likeness (QED) is 0.627. The van der Waals surface area contributed by atoms with Crippen LogP contribution in [0.5, 0.6) is 5.75 Å². The summed E-state index contributed by atoms with van der Waals surface area (Å²) in [6.07, 6.45) is 3.58. The van der Waals surface area contributed by atoms with E-state index in [0.717, 1.165) is 30.7 Å². The maximum Gasteiger partial charge on any atom is 0.317 e. The summed E-state index contributed by atoms with van der Waals surface area (Å²) in [4.78, 5) is 20.6. The minimum absolute atomic E-state index is 0.0499. The third kappa shape index (κ3) is 1.80. The van der Waals surface area contributed by atoms with E-state index in [2.05, 4.69) is 0 Å². The second-order valence-electron chi connectivity index (χ2n) is 6.22. The van der Waals surface area contributed by atoms with Gasteiger partial charge in [0.1, 0.15) is 6.10 Å². The van der Waals surface area contributed by atoms with Crippen molar-refractivity contribution in [1.29, 1.82) is 0 Å². The van der Waals surface area contributed by atoms with Crippen molar-refractivity contribution < 1.29 is 14.6 Å². The van der Waals surface area contributed by atoms with E-state index in [4.69, 9.17) is 4.74 Å². The highest BCUT2D eigenvalue weighted by atomic mass is 16.6. The smallest absolute Gasteiger partial charge is 0.317 e. The van der Waals surface area contributed by atoms with Gasteiger partial charge in [-0.05, 0) is 49.0 Å². The number of hydrogen-bond donors (Lipinski definition) is 0. The van der Waals surface area contributed by atoms with Crippen molar-refractivity contribution in [2.45, 2.75) is 25.4 Å². The Balaban J connectivity index is 1.62. The number of nitro benzene ring substituents is 2. The van der Waals surface area contributed by atoms with Crippen LogP contribution in [0.2, 0.25) is 0 Å². The Morgan fingerprint density at radius 1 is 1.00 bits per heavy atom. The molecule has 0 unspecified atom stereocenters. The predicted octanol–water partition coefficient (Wildman–Crippen LogP) is 2.93. The Morgan fingerprint density at radius 2 is 1.76 bits per heavy atom. The monoisotopic (exact) mass is 290 g/mol. The molecule has 1 aromatic rings. The van der Waals surface area contributed by atoms with Crippen molar-refractivity contribution in [3.63, 3.8) is 0 Å². The fourth-order valence-electron chi connectivity index (χ4n) is 4.10. The molecule has 3 saturated carbocycles. The fraction of sp³-hybridized carbons (Fsp3) is 0.571. The predicted molar refractivity (Wildman–Crippen MR) is 72.0 cm³/mol. The van der Waals surface area contributed by atoms with Crippen LogP contribution < -0.4 is 4.74 Å². The molecule has 0 heterocycles. The fourth-order valence-corrected chi connectivity index (χ4v) is 4.10. The summed E-state index contributed by atoms with van der Waals surface area (Å²) < 4.78 is 5.93. The molecule has 0 amide bonds. The van der Waals surface area contributed by atoms with E-state index in [1.165, 1.54) is 18.6 Å². The second kappa shape index (κ2) is 4.16. The van der Waals surface area contributed by atoms with Crippen LogP contribution >= 0.6 is 0 Å². The van der Waals surface area contributed by atoms with Gasteiger partial charge in [0.25, 0.3) is 5.69 Å². The van der Waals surface area contributed by atoms with Crippen LogP contribution in [0.3, 0.4) is 0 Å². The number of rotatable bonds is 4. The Bertz CT molecular complexity index is 646. The highest BCUT2D eigenvalue weighted by Gasteiger charge is 2.64. The molecule has 0 aliphatic heterocycles. The van der Waals surface area contributed by atoms with Crippen LogP contribution in [0.15, 0.2) is 18.2 Å². The molecule has 3 fully saturated rings. The first-order valence-electron chi connectivity index (χ1n) is 7.16. The zero-order valence-corrected chi connectivity index (χ0v) is 11.2. The summed E-state index contributed by atoms with van der Waals surface area (Å²) in [5.74, 6) is 2.68. The summed E-state index contributed by atoms with van der Waals surface area (Å²) in [6.45, 7) is 0. The van der Waals surface area contributed by atoms with Crippen LogP contribution in [0.1, 0.15) is 19.3 Å². The van der Waals surface area contributed by atoms with Gasteiger partial charge in [-0.2, -0.15) is 0 Å². The molecule has 0 bridgehead atoms. The molecule has 7 heteroatoms. The van der Waals surface area contributed by atoms with Gasteiger partial charge in [-0.15, -0.1) is 0 Å². The van der Waals surface area contributed by atoms with Crippen LogP contribution in [-0.4, -0.2) is 16.0 Å². The zero-order valence-electron chi connectivity index (χ0n) is 11.2. The Labute approximate surface area is 120 Å². The molecule has 1 aromatic carbocycles. The molecular formula is C14H14N2O5. The maximum absolute atomic E-state index is 11.1. The lowest BCUT2D eigenvalue weighted by Gasteiger charge is -2.36. The van der Waals surface area contributed by atoms with Gasteiger partial charge in [0, 0.05) is 6.07 Å². The molecule has 0 saturated heterocycles. The van der Waals surface area contributed by atoms with Gasteiger partial charge in [0.05, 0.1) is 15.9 Å². The zero-order chi connectivity index (χ0) is 14.7. The molecule has 21 heavy (non-hydrogen) atoms. The lowest BCUT2D eigenvalue weighted by molar-refractivity contribution is -0.394. The van der Waals surface area contributed by atoms with Crippen molar-refractivity contribution in [2.24, 2.45) is 23.7 Å². The van der Waals surface area contributed by atoms with Crippen LogP contribution in [0.4, 0.5) is 11.4 Å². The van der Waals surface area contributed by atoms with Gasteiger partial charge in [-0.1, -0.05) is 0 Å². The number of hydrogen-bond acceptors (Lipinski definition) is 5. The second-order valence-corrected chi connectivity index (χ2v) is 6.22. The largest absolute Gasteiger partial charge is 0.483 e. The van der Waals surface area contributed by atoms with Gasteiger partial charge in [0.2, 0.25) is 0 Å². The molecule has 3 aliphatic rings. The lowest BCUT2D eigenvalue weighted by Crippen LogP contribution is -2.35. The Kier molecular flexibility index (Phi) is 2.49. The number of ether oxygens (including phenoxy) is 1. The van der Waals surface area contributed by atoms with Crippen molar-refractivity contribution in [2.75, 3.05) is 0 Å². The van der Waals surface area contributed by atoms with E-state index in [-0.39, 0.29) is 23.2 Å². The van der Waals surface area contributed by atoms with Crippen molar-refractivity contribution in [3.05, 3.63) is 38.4 Å². The van der Waals surface area contributed by atoms with Crippen molar-refractivity contribution in [1.82, 2.24) is 0 Å². The minimum Gasteiger partial charge on any atom is -0.483 e. The molecule has 4 rings (SSSR count). The van der Waals surface area contributed by atoms with Crippen LogP contribution in [-0.2, 0) is 0 Å². The molecule has 0 spiro atoms. The molecule has 110 valence electrons. The SMILES string of the molecule is O=[N+]([O-])c1ccc(O[C@H]2[C@@H]3CC[C@@H]3[C@H]3C[C@@H]32)c([N+](=O)[O-])c1. The number of benzene rings is 1. The van der Waals surface area contributed by atoms with Crippen LogP contribution in [0.25, 0.3) is 0 Å². The number of nitrogens with zero attached hydrogens (tertiary/aromatic N) is 2. The van der Waals surface area contributed by atoms with Gasteiger partial charge < -0.3 is 4.74 Å². The van der Waals surface area contributed by atoms with Crippen LogP contribution in [0, 0.1) is 43.9 Å². The Morgan fingerprint density at radius 3 is 2.33 bits per heavy atom. The van der Waals surface area contributed by atoms with E-state index in [9.17, 15) is 20.2 Å². The minimum atomic E-state index is -0.634. The van der Waals surface area contributed by atoms with Gasteiger partial charge in [0.15, 0.2) is 5.75 Å². The van der Waals surface area contributed by atoms with Crippen molar-refractivity contribution >= 4 is 11.4 Å². The normalized spacial score (nSPS) is 35.3. The first-order valence-corrected chi connectivity index (χ1v) is 7.16. The third-order valence-electron chi connectivity index (χ3n) is 5.28. The summed E-state index contributed by atoms with van der Waals surface area (Å²) in [7, 11) is 0. The first kappa shape index (κ1) is 12.6. The summed E-state index contributed by atoms with van der Waals surface area (Å²) in [5, 5.41) is 21.9. The summed E-state index contributed by atoms with van der Waals surface area (Å²) in [5.41, 5.74) is -0.601. The number of fused-ring (bicyclic) bond motifs is 3. The number of non-ortho nitro benzene ring substituents is 1. The van der Waals surface area contributed by atoms with E-state index < -0.39 is 9.85 Å². The van der Waals surface area contributed by atoms with Gasteiger partial charge in [-0.3, -0.25) is 20.2 Å². The van der Waals surface area contributed by atoms with Crippen molar-refractivity contribution in [3.8, 4) is 5.75 Å². The molecule has 7 nitrogen and oxygen atoms in total. The topological polar surface area (TPSA) is 95.5 Å². The highest BCUT2D eigenvalue weighted by Crippen LogP contribution is 2.66. The van der Waals surface area contributed by atoms with Gasteiger partial charge >= 0.3 is 5.69 Å². The molecule has 3 aliphatic carbocycles. The molecular weight excluding hydrogens is 276 g/mol. The van der Waals surface area contributed by atoms with E-state index in [1.807, 2.05) is 0 Å². The molecule has 5 atom stereocenters. The molecule has 0 radical (unpaired) electrons. The summed E-state index contributed by atoms with van der Waals surface area (Å²) >= 11 is 0. The standard InChI is InChI=1S/C14H14N2O5/c17-15(18)7-1-4-13(12(5-7)16(19)20)21-14-9-3-2-8(9)10-6-11(10)14/h1,4-5,8-11,14H,2-3,6H2/t8-,9+,10+,11-,14-/m0/s1. The Hall–Kier alpha value is -2.18. The van der Waals surface area contributed by atoms with E-state index >= 15 is 0 Å². The molecule has 0 N–H and O–H groups in total. The first-order chi connectivity index (χ1) is 10.1. The van der Waals surface area contributed by atoms with E-state index in [0.29, 0.717) is 11.8 Å². The maximum atomic E-state index is 11.1. The average Bonchev–Trinajstić information content (AvgIpc) is 3.12. The average molecular weight is 290 g/mol. The lowest BCUT2D eigenvalue weighted by atomic mass is 9.72. The van der Waals surface area contributed by atoms with Gasteiger partial charge in [-0.25, -0.2) is 0 Å². The summed E-state index contributed by atoms with van der Waals surface area (Å²) in [6, 6.07) is 3.60. The highest BCUT2D eigenvalue weighted by molar-refractivity contribution is 5.53.